The topological polar surface area (TPSA) is 103 Å². The number of nitrogens with one attached hydrogen (secondary N) is 1. The zero-order valence-corrected chi connectivity index (χ0v) is 22.4. The maximum atomic E-state index is 13.6. The van der Waals surface area contributed by atoms with E-state index in [0.29, 0.717) is 12.8 Å². The predicted octanol–water partition coefficient (Wildman–Crippen LogP) is 6.15. The van der Waals surface area contributed by atoms with Crippen LogP contribution in [0.15, 0.2) is 40.8 Å². The molecule has 1 N–H and O–H groups in total. The number of oxazole rings is 1. The Bertz CT molecular complexity index is 1390. The highest BCUT2D eigenvalue weighted by Crippen LogP contribution is 2.35. The van der Waals surface area contributed by atoms with Gasteiger partial charge in [-0.15, -0.1) is 13.2 Å². The van der Waals surface area contributed by atoms with E-state index in [1.54, 1.807) is 20.8 Å². The molecule has 0 spiro atoms. The molecule has 9 nitrogen and oxygen atoms in total. The molecular formula is C26H26ClF4N3O6. The molecule has 0 radical (unpaired) electrons. The number of fused-ring (bicyclic) bond motifs is 1. The van der Waals surface area contributed by atoms with E-state index >= 15 is 0 Å². The van der Waals surface area contributed by atoms with Gasteiger partial charge in [-0.25, -0.2) is 14.2 Å². The molecule has 0 unspecified atom stereocenters. The van der Waals surface area contributed by atoms with Crippen LogP contribution in [0.2, 0.25) is 5.02 Å². The Balaban J connectivity index is 1.48. The number of piperidine rings is 1. The number of hydrogen-bond donors (Lipinski definition) is 1. The van der Waals surface area contributed by atoms with Crippen molar-refractivity contribution >= 4 is 34.7 Å². The number of amides is 2. The number of benzene rings is 2. The lowest BCUT2D eigenvalue weighted by molar-refractivity contribution is -0.274. The number of alkyl halides is 3. The molecule has 2 aromatic carbocycles. The third-order valence-corrected chi connectivity index (χ3v) is 6.04. The fourth-order valence-electron chi connectivity index (χ4n) is 4.12. The number of likely N-dealkylation sites (tertiary alicyclic amines) is 1. The maximum Gasteiger partial charge on any atom is 0.573 e. The highest BCUT2D eigenvalue weighted by Gasteiger charge is 2.38. The number of aromatic nitrogens is 1. The Morgan fingerprint density at radius 2 is 1.85 bits per heavy atom. The average Bonchev–Trinajstić information content (AvgIpc) is 3.26. The number of carbonyl (C=O) groups is 2. The van der Waals surface area contributed by atoms with Gasteiger partial charge >= 0.3 is 12.5 Å². The zero-order valence-electron chi connectivity index (χ0n) is 21.7. The van der Waals surface area contributed by atoms with Crippen LogP contribution in [0.25, 0.3) is 11.1 Å². The summed E-state index contributed by atoms with van der Waals surface area (Å²) in [6, 6.07) is 6.08. The lowest BCUT2D eigenvalue weighted by Gasteiger charge is -2.38. The molecule has 14 heteroatoms. The zero-order chi connectivity index (χ0) is 29.2. The first kappa shape index (κ1) is 29.2. The smallest absolute Gasteiger partial charge is 0.484 e. The van der Waals surface area contributed by atoms with Crippen LogP contribution in [0.1, 0.15) is 45.5 Å². The highest BCUT2D eigenvalue weighted by atomic mass is 35.5. The summed E-state index contributed by atoms with van der Waals surface area (Å²) in [5, 5.41) is 2.70. The standard InChI is InChI=1S/C26H26ClF4N3O6/c1-25(2,3)40-24(36)34-12-14(32-22(35)13-37-15-5-7-17(27)18(28)10-15)4-9-20(34)23-33-19-8-6-16(11-21(19)38-23)39-26(29,30)31/h5-8,10-11,14,20H,4,9,12-13H2,1-3H3,(H,32,35)/t14-,20+/m0/s1. The molecule has 1 saturated heterocycles. The van der Waals surface area contributed by atoms with E-state index in [4.69, 9.17) is 25.5 Å². The van der Waals surface area contributed by atoms with E-state index in [9.17, 15) is 27.2 Å². The van der Waals surface area contributed by atoms with Crippen molar-refractivity contribution in [3.05, 3.63) is 53.1 Å². The molecule has 1 aromatic heterocycles. The lowest BCUT2D eigenvalue weighted by Crippen LogP contribution is -2.52. The SMILES string of the molecule is CC(C)(C)OC(=O)N1C[C@@H](NC(=O)COc2ccc(Cl)c(F)c2)CC[C@@H]1c1nc2ccc(OC(F)(F)F)cc2o1. The fraction of sp³-hybridized carbons (Fsp3) is 0.423. The molecule has 3 aromatic rings. The van der Waals surface area contributed by atoms with Crippen molar-refractivity contribution in [2.24, 2.45) is 0 Å². The maximum absolute atomic E-state index is 13.6. The minimum absolute atomic E-state index is 0.0298. The van der Waals surface area contributed by atoms with Crippen LogP contribution in [0.4, 0.5) is 22.4 Å². The molecule has 2 amide bonds. The van der Waals surface area contributed by atoms with Crippen LogP contribution in [0.3, 0.4) is 0 Å². The normalized spacial score (nSPS) is 17.9. The molecule has 1 aliphatic heterocycles. The second kappa shape index (κ2) is 11.4. The molecule has 1 fully saturated rings. The van der Waals surface area contributed by atoms with Crippen molar-refractivity contribution in [1.82, 2.24) is 15.2 Å². The molecule has 2 heterocycles. The quantitative estimate of drug-likeness (QED) is 0.345. The summed E-state index contributed by atoms with van der Waals surface area (Å²) in [5.74, 6) is -1.43. The van der Waals surface area contributed by atoms with Crippen molar-refractivity contribution in [2.75, 3.05) is 13.2 Å². The molecule has 1 aliphatic rings. The summed E-state index contributed by atoms with van der Waals surface area (Å²) < 4.78 is 72.0. The van der Waals surface area contributed by atoms with Gasteiger partial charge in [0, 0.05) is 24.7 Å². The van der Waals surface area contributed by atoms with Crippen molar-refractivity contribution in [3.63, 3.8) is 0 Å². The van der Waals surface area contributed by atoms with Gasteiger partial charge in [0.25, 0.3) is 5.91 Å². The van der Waals surface area contributed by atoms with Gasteiger partial charge in [0.2, 0.25) is 5.89 Å². The first-order valence-corrected chi connectivity index (χ1v) is 12.6. The molecule has 2 atom stereocenters. The fourth-order valence-corrected chi connectivity index (χ4v) is 4.23. The molecule has 40 heavy (non-hydrogen) atoms. The van der Waals surface area contributed by atoms with Crippen molar-refractivity contribution in [1.29, 1.82) is 0 Å². The largest absolute Gasteiger partial charge is 0.573 e. The van der Waals surface area contributed by atoms with E-state index in [1.807, 2.05) is 0 Å². The van der Waals surface area contributed by atoms with Crippen LogP contribution >= 0.6 is 11.6 Å². The summed E-state index contributed by atoms with van der Waals surface area (Å²) in [5.41, 5.74) is -0.503. The van der Waals surface area contributed by atoms with Crippen LogP contribution in [-0.2, 0) is 9.53 Å². The average molecular weight is 588 g/mol. The molecule has 216 valence electrons. The predicted molar refractivity (Wildman–Crippen MR) is 134 cm³/mol. The number of nitrogens with zero attached hydrogens (tertiary/aromatic N) is 2. The second-order valence-corrected chi connectivity index (χ2v) is 10.5. The first-order valence-electron chi connectivity index (χ1n) is 12.2. The minimum atomic E-state index is -4.87. The van der Waals surface area contributed by atoms with Crippen LogP contribution in [-0.4, -0.2) is 53.0 Å². The van der Waals surface area contributed by atoms with Gasteiger partial charge in [0.1, 0.15) is 34.5 Å². The van der Waals surface area contributed by atoms with Gasteiger partial charge in [-0.2, -0.15) is 0 Å². The third-order valence-electron chi connectivity index (χ3n) is 5.73. The van der Waals surface area contributed by atoms with Gasteiger partial charge in [-0.05, 0) is 57.9 Å². The Morgan fingerprint density at radius 3 is 2.52 bits per heavy atom. The summed E-state index contributed by atoms with van der Waals surface area (Å²) in [6.07, 6.45) is -4.85. The molecule has 0 saturated carbocycles. The van der Waals surface area contributed by atoms with E-state index in [0.717, 1.165) is 18.2 Å². The van der Waals surface area contributed by atoms with E-state index in [1.165, 1.54) is 23.1 Å². The van der Waals surface area contributed by atoms with Crippen LogP contribution in [0.5, 0.6) is 11.5 Å². The van der Waals surface area contributed by atoms with Gasteiger partial charge < -0.3 is 23.9 Å². The van der Waals surface area contributed by atoms with Crippen LogP contribution in [0, 0.1) is 5.82 Å². The van der Waals surface area contributed by atoms with Crippen molar-refractivity contribution in [3.8, 4) is 11.5 Å². The monoisotopic (exact) mass is 587 g/mol. The third kappa shape index (κ3) is 7.68. The lowest BCUT2D eigenvalue weighted by atomic mass is 9.98. The van der Waals surface area contributed by atoms with Gasteiger partial charge in [0.05, 0.1) is 5.02 Å². The Hall–Kier alpha value is -3.74. The highest BCUT2D eigenvalue weighted by molar-refractivity contribution is 6.30. The summed E-state index contributed by atoms with van der Waals surface area (Å²) in [7, 11) is 0. The van der Waals surface area contributed by atoms with Crippen molar-refractivity contribution < 1.29 is 45.8 Å². The Kier molecular flexibility index (Phi) is 8.33. The van der Waals surface area contributed by atoms with Crippen LogP contribution < -0.4 is 14.8 Å². The number of halogens is 5. The minimum Gasteiger partial charge on any atom is -0.484 e. The summed E-state index contributed by atoms with van der Waals surface area (Å²) >= 11 is 5.65. The van der Waals surface area contributed by atoms with E-state index in [2.05, 4.69) is 15.0 Å². The second-order valence-electron chi connectivity index (χ2n) is 10.1. The molecule has 0 bridgehead atoms. The summed E-state index contributed by atoms with van der Waals surface area (Å²) in [6.45, 7) is 4.72. The first-order chi connectivity index (χ1) is 18.7. The molecule has 4 rings (SSSR count). The Labute approximate surface area is 231 Å². The van der Waals surface area contributed by atoms with E-state index in [-0.39, 0.29) is 34.3 Å². The van der Waals surface area contributed by atoms with Gasteiger partial charge in [-0.3, -0.25) is 9.69 Å². The molecule has 0 aliphatic carbocycles. The van der Waals surface area contributed by atoms with Crippen molar-refractivity contribution in [2.45, 2.75) is 57.7 Å². The van der Waals surface area contributed by atoms with E-state index < -0.39 is 54.2 Å². The number of hydrogen-bond acceptors (Lipinski definition) is 7. The summed E-state index contributed by atoms with van der Waals surface area (Å²) in [4.78, 5) is 31.4. The Morgan fingerprint density at radius 1 is 1.12 bits per heavy atom. The van der Waals surface area contributed by atoms with Gasteiger partial charge in [0.15, 0.2) is 12.2 Å². The number of carbonyl (C=O) groups excluding carboxylic acids is 2. The number of ether oxygens (including phenoxy) is 3. The molecular weight excluding hydrogens is 562 g/mol. The number of rotatable bonds is 6. The van der Waals surface area contributed by atoms with Gasteiger partial charge in [-0.1, -0.05) is 11.6 Å².